The fraction of sp³-hybridized carbons (Fsp3) is 0.429. The van der Waals surface area contributed by atoms with Gasteiger partial charge in [-0.15, -0.1) is 11.3 Å². The van der Waals surface area contributed by atoms with Crippen LogP contribution in [0.25, 0.3) is 0 Å². The van der Waals surface area contributed by atoms with Gasteiger partial charge in [0.2, 0.25) is 0 Å². The topological polar surface area (TPSA) is 113 Å². The van der Waals surface area contributed by atoms with Crippen LogP contribution in [0.5, 0.6) is 0 Å². The maximum Gasteiger partial charge on any atom is 0.411 e. The van der Waals surface area contributed by atoms with Gasteiger partial charge in [-0.3, -0.25) is 25.1 Å². The third-order valence-corrected chi connectivity index (χ3v) is 5.28. The number of nitrogens with one attached hydrogen (secondary N) is 3. The van der Waals surface area contributed by atoms with Crippen molar-refractivity contribution in [3.63, 3.8) is 0 Å². The molecule has 0 bridgehead atoms. The Kier molecular flexibility index (Phi) is 8.95. The number of methoxy groups -OCH3 is 1. The van der Waals surface area contributed by atoms with E-state index in [1.807, 2.05) is 0 Å². The molecule has 0 aliphatic carbocycles. The smallest absolute Gasteiger partial charge is 0.411 e. The average molecular weight is 448 g/mol. The first-order valence-electron chi connectivity index (χ1n) is 9.97. The van der Waals surface area contributed by atoms with E-state index in [-0.39, 0.29) is 17.5 Å². The van der Waals surface area contributed by atoms with Gasteiger partial charge in [0.1, 0.15) is 5.69 Å². The molecule has 9 nitrogen and oxygen atoms in total. The van der Waals surface area contributed by atoms with Gasteiger partial charge in [0, 0.05) is 41.8 Å². The van der Waals surface area contributed by atoms with Crippen LogP contribution in [-0.2, 0) is 4.74 Å². The van der Waals surface area contributed by atoms with Crippen molar-refractivity contribution < 1.29 is 19.1 Å². The lowest BCUT2D eigenvalue weighted by molar-refractivity contribution is 0.0934. The molecule has 2 rings (SSSR count). The number of aromatic nitrogens is 1. The number of ether oxygens (including phenoxy) is 1. The van der Waals surface area contributed by atoms with Gasteiger partial charge in [-0.05, 0) is 52.0 Å². The van der Waals surface area contributed by atoms with Crippen LogP contribution >= 0.6 is 11.3 Å². The summed E-state index contributed by atoms with van der Waals surface area (Å²) in [6.45, 7) is 9.76. The minimum absolute atomic E-state index is 0.263. The fourth-order valence-electron chi connectivity index (χ4n) is 2.98. The molecule has 0 unspecified atom stereocenters. The number of anilines is 2. The molecular weight excluding hydrogens is 418 g/mol. The Labute approximate surface area is 186 Å². The van der Waals surface area contributed by atoms with Crippen molar-refractivity contribution in [2.45, 2.75) is 39.8 Å². The summed E-state index contributed by atoms with van der Waals surface area (Å²) in [5.74, 6) is -0.641. The number of amides is 3. The van der Waals surface area contributed by atoms with Gasteiger partial charge in [-0.2, -0.15) is 0 Å². The molecule has 1 aromatic carbocycles. The molecule has 0 atom stereocenters. The molecule has 3 N–H and O–H groups in total. The monoisotopic (exact) mass is 447 g/mol. The van der Waals surface area contributed by atoms with Crippen molar-refractivity contribution in [3.8, 4) is 0 Å². The summed E-state index contributed by atoms with van der Waals surface area (Å²) >= 11 is 1.18. The van der Waals surface area contributed by atoms with Crippen LogP contribution in [0, 0.1) is 0 Å². The fourth-order valence-corrected chi connectivity index (χ4v) is 3.67. The highest BCUT2D eigenvalue weighted by atomic mass is 32.1. The third-order valence-electron chi connectivity index (χ3n) is 4.52. The summed E-state index contributed by atoms with van der Waals surface area (Å²) in [5, 5.41) is 10.00. The predicted molar refractivity (Wildman–Crippen MR) is 122 cm³/mol. The number of benzene rings is 1. The zero-order valence-electron chi connectivity index (χ0n) is 18.4. The van der Waals surface area contributed by atoms with Crippen molar-refractivity contribution in [2.75, 3.05) is 30.8 Å². The highest BCUT2D eigenvalue weighted by Gasteiger charge is 2.16. The highest BCUT2D eigenvalue weighted by Crippen LogP contribution is 2.17. The largest absolute Gasteiger partial charge is 0.453 e. The van der Waals surface area contributed by atoms with E-state index in [4.69, 9.17) is 0 Å². The zero-order chi connectivity index (χ0) is 23.0. The number of hydrogen-bond donors (Lipinski definition) is 3. The van der Waals surface area contributed by atoms with Gasteiger partial charge in [-0.1, -0.05) is 0 Å². The van der Waals surface area contributed by atoms with Gasteiger partial charge < -0.3 is 10.1 Å². The van der Waals surface area contributed by atoms with Crippen molar-refractivity contribution in [2.24, 2.45) is 0 Å². The number of rotatable bonds is 9. The molecule has 1 heterocycles. The lowest BCUT2D eigenvalue weighted by atomic mass is 10.2. The van der Waals surface area contributed by atoms with Crippen molar-refractivity contribution in [1.29, 1.82) is 0 Å². The Morgan fingerprint density at radius 1 is 1.03 bits per heavy atom. The van der Waals surface area contributed by atoms with Crippen molar-refractivity contribution in [3.05, 3.63) is 40.9 Å². The van der Waals surface area contributed by atoms with Gasteiger partial charge in [0.15, 0.2) is 5.13 Å². The minimum atomic E-state index is -0.591. The second kappa shape index (κ2) is 11.4. The van der Waals surface area contributed by atoms with E-state index in [0.717, 1.165) is 6.54 Å². The summed E-state index contributed by atoms with van der Waals surface area (Å²) in [4.78, 5) is 42.4. The van der Waals surface area contributed by atoms with Crippen LogP contribution in [0.15, 0.2) is 29.6 Å². The van der Waals surface area contributed by atoms with Crippen LogP contribution in [0.2, 0.25) is 0 Å². The van der Waals surface area contributed by atoms with E-state index in [1.165, 1.54) is 18.4 Å². The quantitative estimate of drug-likeness (QED) is 0.543. The van der Waals surface area contributed by atoms with Crippen LogP contribution in [0.3, 0.4) is 0 Å². The summed E-state index contributed by atoms with van der Waals surface area (Å²) in [6.07, 6.45) is -0.591. The molecule has 0 spiro atoms. The number of carbonyl (C=O) groups excluding carboxylic acids is 3. The molecule has 2 aromatic rings. The number of carbonyl (C=O) groups is 3. The lowest BCUT2D eigenvalue weighted by Gasteiger charge is -2.30. The minimum Gasteiger partial charge on any atom is -0.453 e. The van der Waals surface area contributed by atoms with Crippen molar-refractivity contribution in [1.82, 2.24) is 15.2 Å². The van der Waals surface area contributed by atoms with E-state index in [0.29, 0.717) is 35.0 Å². The third kappa shape index (κ3) is 7.34. The Hall–Kier alpha value is -2.98. The van der Waals surface area contributed by atoms with Gasteiger partial charge in [0.25, 0.3) is 11.8 Å². The second-order valence-electron chi connectivity index (χ2n) is 7.37. The van der Waals surface area contributed by atoms with E-state index in [2.05, 4.69) is 58.3 Å². The van der Waals surface area contributed by atoms with E-state index >= 15 is 0 Å². The Balaban J connectivity index is 1.88. The summed E-state index contributed by atoms with van der Waals surface area (Å²) in [5.41, 5.74) is 1.16. The molecule has 0 saturated heterocycles. The Bertz CT molecular complexity index is 887. The predicted octanol–water partition coefficient (Wildman–Crippen LogP) is 3.42. The standard InChI is InChI=1S/C21H29N5O4S/c1-13(2)26(14(3)4)11-10-22-19(28)17-12-31-20(24-17)25-18(27)15-6-8-16(9-7-15)23-21(29)30-5/h6-9,12-14H,10-11H2,1-5H3,(H,22,28)(H,23,29)(H,24,25,27). The van der Waals surface area contributed by atoms with E-state index < -0.39 is 6.09 Å². The molecule has 3 amide bonds. The van der Waals surface area contributed by atoms with Gasteiger partial charge in [0.05, 0.1) is 7.11 Å². The van der Waals surface area contributed by atoms with E-state index in [1.54, 1.807) is 29.6 Å². The maximum atomic E-state index is 12.4. The van der Waals surface area contributed by atoms with Crippen LogP contribution < -0.4 is 16.0 Å². The molecular formula is C21H29N5O4S. The van der Waals surface area contributed by atoms with Gasteiger partial charge in [-0.25, -0.2) is 9.78 Å². The summed E-state index contributed by atoms with van der Waals surface area (Å²) < 4.78 is 4.52. The van der Waals surface area contributed by atoms with Crippen LogP contribution in [0.4, 0.5) is 15.6 Å². The van der Waals surface area contributed by atoms with Gasteiger partial charge >= 0.3 is 6.09 Å². The highest BCUT2D eigenvalue weighted by molar-refractivity contribution is 7.14. The maximum absolute atomic E-state index is 12.4. The first-order chi connectivity index (χ1) is 14.7. The molecule has 0 aliphatic heterocycles. The molecule has 0 aliphatic rings. The number of nitrogens with zero attached hydrogens (tertiary/aromatic N) is 2. The normalized spacial score (nSPS) is 11.0. The molecule has 0 radical (unpaired) electrons. The van der Waals surface area contributed by atoms with Crippen molar-refractivity contribution >= 4 is 40.1 Å². The lowest BCUT2D eigenvalue weighted by Crippen LogP contribution is -2.42. The average Bonchev–Trinajstić information content (AvgIpc) is 3.19. The Morgan fingerprint density at radius 3 is 2.26 bits per heavy atom. The SMILES string of the molecule is COC(=O)Nc1ccc(C(=O)Nc2nc(C(=O)NCCN(C(C)C)C(C)C)cs2)cc1. The first kappa shape index (κ1) is 24.3. The Morgan fingerprint density at radius 2 is 1.68 bits per heavy atom. The molecule has 0 fully saturated rings. The molecule has 0 saturated carbocycles. The van der Waals surface area contributed by atoms with Crippen LogP contribution in [-0.4, -0.2) is 60.1 Å². The number of hydrogen-bond acceptors (Lipinski definition) is 7. The van der Waals surface area contributed by atoms with Crippen LogP contribution in [0.1, 0.15) is 48.5 Å². The zero-order valence-corrected chi connectivity index (χ0v) is 19.2. The van der Waals surface area contributed by atoms with E-state index in [9.17, 15) is 14.4 Å². The molecule has 1 aromatic heterocycles. The summed E-state index contributed by atoms with van der Waals surface area (Å²) in [7, 11) is 1.27. The second-order valence-corrected chi connectivity index (χ2v) is 8.23. The first-order valence-corrected chi connectivity index (χ1v) is 10.8. The number of thiazole rings is 1. The summed E-state index contributed by atoms with van der Waals surface area (Å²) in [6, 6.07) is 7.09. The molecule has 168 valence electrons. The molecule has 31 heavy (non-hydrogen) atoms. The molecule has 10 heteroatoms.